The van der Waals surface area contributed by atoms with Crippen LogP contribution in [0.5, 0.6) is 0 Å². The smallest absolute Gasteiger partial charge is 0.323 e. The maximum Gasteiger partial charge on any atom is 0.323 e. The third kappa shape index (κ3) is 5.04. The number of hydrogen-bond donors (Lipinski definition) is 2. The van der Waals surface area contributed by atoms with E-state index in [1.54, 1.807) is 12.5 Å². The molecule has 1 aromatic rings. The quantitative estimate of drug-likeness (QED) is 0.836. The Morgan fingerprint density at radius 2 is 2.09 bits per heavy atom. The lowest BCUT2D eigenvalue weighted by molar-refractivity contribution is 0.236. The molecule has 2 N–H and O–H groups in total. The molecule has 0 saturated heterocycles. The summed E-state index contributed by atoms with van der Waals surface area (Å²) in [6, 6.07) is 0.332. The Morgan fingerprint density at radius 3 is 2.68 bits per heavy atom. The summed E-state index contributed by atoms with van der Waals surface area (Å²) < 4.78 is 0. The van der Waals surface area contributed by atoms with Crippen LogP contribution in [0.15, 0.2) is 12.5 Å². The van der Waals surface area contributed by atoms with Crippen molar-refractivity contribution in [1.82, 2.24) is 15.3 Å². The van der Waals surface area contributed by atoms with E-state index in [1.165, 1.54) is 19.3 Å². The maximum absolute atomic E-state index is 12.7. The first-order valence-corrected chi connectivity index (χ1v) is 8.62. The molecular weight excluding hydrogens is 276 g/mol. The zero-order valence-corrected chi connectivity index (χ0v) is 14.1. The van der Waals surface area contributed by atoms with Crippen molar-refractivity contribution in [3.8, 4) is 0 Å². The second-order valence-electron chi connectivity index (χ2n) is 7.07. The van der Waals surface area contributed by atoms with Crippen LogP contribution < -0.4 is 10.2 Å². The number of carbonyl (C=O) groups excluding carboxylic acids is 1. The van der Waals surface area contributed by atoms with Crippen molar-refractivity contribution in [2.24, 2.45) is 11.8 Å². The lowest BCUT2D eigenvalue weighted by atomic mass is 9.95. The number of H-pyrrole nitrogens is 1. The van der Waals surface area contributed by atoms with E-state index in [0.717, 1.165) is 31.6 Å². The minimum atomic E-state index is 0.00626. The normalized spacial score (nSPS) is 17.5. The van der Waals surface area contributed by atoms with Crippen molar-refractivity contribution >= 4 is 11.8 Å². The van der Waals surface area contributed by atoms with E-state index in [9.17, 15) is 4.79 Å². The largest absolute Gasteiger partial charge is 0.335 e. The van der Waals surface area contributed by atoms with Crippen molar-refractivity contribution in [2.45, 2.75) is 65.3 Å². The second kappa shape index (κ2) is 8.20. The van der Waals surface area contributed by atoms with Gasteiger partial charge in [0, 0.05) is 12.6 Å². The molecule has 0 aromatic carbocycles. The van der Waals surface area contributed by atoms with Crippen LogP contribution in [-0.4, -0.2) is 28.6 Å². The molecule has 1 aliphatic rings. The van der Waals surface area contributed by atoms with Crippen LogP contribution in [0.25, 0.3) is 0 Å². The number of rotatable bonds is 6. The van der Waals surface area contributed by atoms with Gasteiger partial charge in [-0.3, -0.25) is 4.90 Å². The Hall–Kier alpha value is -1.52. The molecule has 1 heterocycles. The first-order valence-electron chi connectivity index (χ1n) is 8.62. The van der Waals surface area contributed by atoms with Gasteiger partial charge in [-0.1, -0.05) is 40.0 Å². The number of imidazole rings is 1. The Morgan fingerprint density at radius 1 is 1.36 bits per heavy atom. The van der Waals surface area contributed by atoms with E-state index in [0.29, 0.717) is 17.9 Å². The van der Waals surface area contributed by atoms with Gasteiger partial charge in [0.05, 0.1) is 12.5 Å². The van der Waals surface area contributed by atoms with Gasteiger partial charge in [-0.05, 0) is 31.1 Å². The Bertz CT molecular complexity index is 438. The predicted molar refractivity (Wildman–Crippen MR) is 90.0 cm³/mol. The fourth-order valence-corrected chi connectivity index (χ4v) is 3.38. The summed E-state index contributed by atoms with van der Waals surface area (Å²) >= 11 is 0. The van der Waals surface area contributed by atoms with Crippen molar-refractivity contribution in [3.63, 3.8) is 0 Å². The highest BCUT2D eigenvalue weighted by atomic mass is 16.2. The van der Waals surface area contributed by atoms with Crippen LogP contribution >= 0.6 is 0 Å². The molecule has 1 unspecified atom stereocenters. The van der Waals surface area contributed by atoms with Gasteiger partial charge in [0.15, 0.2) is 0 Å². The van der Waals surface area contributed by atoms with Gasteiger partial charge in [-0.2, -0.15) is 0 Å². The summed E-state index contributed by atoms with van der Waals surface area (Å²) in [4.78, 5) is 21.6. The molecule has 5 nitrogen and oxygen atoms in total. The minimum Gasteiger partial charge on any atom is -0.335 e. The van der Waals surface area contributed by atoms with E-state index in [2.05, 4.69) is 36.1 Å². The molecule has 124 valence electrons. The van der Waals surface area contributed by atoms with Crippen LogP contribution in [0.2, 0.25) is 0 Å². The molecule has 1 saturated carbocycles. The standard InChI is InChI=1S/C17H30N4O/c1-13(2)9-14(3)11-21(16-10-18-12-19-16)17(22)20-15-7-5-4-6-8-15/h10,12-15H,4-9,11H2,1-3H3,(H,18,19)(H,20,22). The Balaban J connectivity index is 1.98. The molecule has 22 heavy (non-hydrogen) atoms. The number of urea groups is 1. The van der Waals surface area contributed by atoms with Crippen molar-refractivity contribution in [2.75, 3.05) is 11.4 Å². The zero-order chi connectivity index (χ0) is 15.9. The van der Waals surface area contributed by atoms with Gasteiger partial charge in [0.2, 0.25) is 0 Å². The summed E-state index contributed by atoms with van der Waals surface area (Å²) in [5, 5.41) is 3.21. The van der Waals surface area contributed by atoms with Crippen LogP contribution in [0, 0.1) is 11.8 Å². The van der Waals surface area contributed by atoms with Crippen molar-refractivity contribution < 1.29 is 4.79 Å². The third-order valence-corrected chi connectivity index (χ3v) is 4.32. The minimum absolute atomic E-state index is 0.00626. The summed E-state index contributed by atoms with van der Waals surface area (Å²) in [5.41, 5.74) is 0. The first-order chi connectivity index (χ1) is 10.6. The van der Waals surface area contributed by atoms with Gasteiger partial charge < -0.3 is 10.3 Å². The van der Waals surface area contributed by atoms with Crippen LogP contribution in [-0.2, 0) is 0 Å². The summed E-state index contributed by atoms with van der Waals surface area (Å²) in [5.74, 6) is 1.88. The second-order valence-corrected chi connectivity index (χ2v) is 7.07. The monoisotopic (exact) mass is 306 g/mol. The molecule has 2 amide bonds. The molecule has 1 aliphatic carbocycles. The predicted octanol–water partition coefficient (Wildman–Crippen LogP) is 3.94. The number of amides is 2. The van der Waals surface area contributed by atoms with E-state index in [1.807, 2.05) is 4.90 Å². The third-order valence-electron chi connectivity index (χ3n) is 4.32. The fraction of sp³-hybridized carbons (Fsp3) is 0.765. The molecule has 0 aliphatic heterocycles. The summed E-state index contributed by atoms with van der Waals surface area (Å²) in [6.45, 7) is 7.37. The topological polar surface area (TPSA) is 61.0 Å². The van der Waals surface area contributed by atoms with E-state index < -0.39 is 0 Å². The van der Waals surface area contributed by atoms with Gasteiger partial charge in [0.25, 0.3) is 0 Å². The average molecular weight is 306 g/mol. The Kier molecular flexibility index (Phi) is 6.28. The van der Waals surface area contributed by atoms with E-state index in [4.69, 9.17) is 0 Å². The van der Waals surface area contributed by atoms with Gasteiger partial charge in [-0.25, -0.2) is 9.78 Å². The van der Waals surface area contributed by atoms with Gasteiger partial charge >= 0.3 is 6.03 Å². The molecule has 0 radical (unpaired) electrons. The number of hydrogen-bond acceptors (Lipinski definition) is 2. The highest BCUT2D eigenvalue weighted by Gasteiger charge is 2.23. The van der Waals surface area contributed by atoms with Gasteiger partial charge in [-0.15, -0.1) is 0 Å². The number of carbonyl (C=O) groups is 1. The number of aromatic nitrogens is 2. The molecule has 1 atom stereocenters. The fourth-order valence-electron chi connectivity index (χ4n) is 3.38. The molecule has 1 fully saturated rings. The van der Waals surface area contributed by atoms with Crippen LogP contribution in [0.3, 0.4) is 0 Å². The van der Waals surface area contributed by atoms with Crippen molar-refractivity contribution in [3.05, 3.63) is 12.5 Å². The number of aromatic amines is 1. The van der Waals surface area contributed by atoms with Crippen molar-refractivity contribution in [1.29, 1.82) is 0 Å². The summed E-state index contributed by atoms with van der Waals surface area (Å²) in [6.07, 6.45) is 10.4. The van der Waals surface area contributed by atoms with Crippen LogP contribution in [0.1, 0.15) is 59.3 Å². The maximum atomic E-state index is 12.7. The highest BCUT2D eigenvalue weighted by molar-refractivity contribution is 5.91. The number of anilines is 1. The highest BCUT2D eigenvalue weighted by Crippen LogP contribution is 2.20. The number of nitrogens with one attached hydrogen (secondary N) is 2. The molecule has 2 rings (SSSR count). The summed E-state index contributed by atoms with van der Waals surface area (Å²) in [7, 11) is 0. The average Bonchev–Trinajstić information content (AvgIpc) is 2.99. The zero-order valence-electron chi connectivity index (χ0n) is 14.1. The lowest BCUT2D eigenvalue weighted by Gasteiger charge is -2.29. The number of nitrogens with zero attached hydrogens (tertiary/aromatic N) is 2. The molecule has 1 aromatic heterocycles. The van der Waals surface area contributed by atoms with Crippen LogP contribution in [0.4, 0.5) is 10.6 Å². The molecule has 0 bridgehead atoms. The SMILES string of the molecule is CC(C)CC(C)CN(C(=O)NC1CCCCC1)c1cnc[nH]1. The van der Waals surface area contributed by atoms with E-state index in [-0.39, 0.29) is 6.03 Å². The molecule has 0 spiro atoms. The first kappa shape index (κ1) is 16.8. The lowest BCUT2D eigenvalue weighted by Crippen LogP contribution is -2.47. The van der Waals surface area contributed by atoms with Gasteiger partial charge in [0.1, 0.15) is 5.82 Å². The molecular formula is C17H30N4O. The Labute approximate surface area is 133 Å². The molecule has 5 heteroatoms. The van der Waals surface area contributed by atoms with E-state index >= 15 is 0 Å².